The lowest BCUT2D eigenvalue weighted by Crippen LogP contribution is -2.10. The zero-order chi connectivity index (χ0) is 12.3. The number of hydrogen-bond acceptors (Lipinski definition) is 5. The van der Waals surface area contributed by atoms with Crippen LogP contribution in [0.5, 0.6) is 5.75 Å². The van der Waals surface area contributed by atoms with Crippen molar-refractivity contribution < 1.29 is 4.74 Å². The fourth-order valence-electron chi connectivity index (χ4n) is 1.30. The fraction of sp³-hybridized carbons (Fsp3) is 0.0909. The van der Waals surface area contributed by atoms with Gasteiger partial charge < -0.3 is 15.5 Å². The summed E-state index contributed by atoms with van der Waals surface area (Å²) in [7, 11) is 1.44. The van der Waals surface area contributed by atoms with Crippen molar-refractivity contribution >= 4 is 17.4 Å². The molecule has 0 aliphatic heterocycles. The molecule has 0 amide bonds. The van der Waals surface area contributed by atoms with E-state index in [4.69, 9.17) is 10.5 Å². The first kappa shape index (κ1) is 11.5. The largest absolute Gasteiger partial charge is 0.489 e. The van der Waals surface area contributed by atoms with Gasteiger partial charge in [-0.1, -0.05) is 23.9 Å². The summed E-state index contributed by atoms with van der Waals surface area (Å²) in [5.41, 5.74) is 6.16. The van der Waals surface area contributed by atoms with Gasteiger partial charge in [-0.3, -0.25) is 4.79 Å². The molecule has 2 rings (SSSR count). The number of ether oxygens (including phenoxy) is 1. The molecule has 0 aliphatic carbocycles. The topological polar surface area (TPSA) is 81.0 Å². The number of nitrogens with one attached hydrogen (secondary N) is 1. The third-order valence-electron chi connectivity index (χ3n) is 2.11. The second-order valence-electron chi connectivity index (χ2n) is 3.21. The van der Waals surface area contributed by atoms with E-state index in [-0.39, 0.29) is 11.3 Å². The number of hydrogen-bond donors (Lipinski definition) is 2. The van der Waals surface area contributed by atoms with Crippen LogP contribution in [0.15, 0.2) is 45.3 Å². The molecule has 0 fully saturated rings. The van der Waals surface area contributed by atoms with Crippen LogP contribution in [0.25, 0.3) is 0 Å². The summed E-state index contributed by atoms with van der Waals surface area (Å²) < 4.78 is 5.02. The molecule has 0 atom stereocenters. The number of aromatic amines is 1. The number of nitrogen functional groups attached to an aromatic ring is 1. The molecule has 1 heterocycles. The minimum absolute atomic E-state index is 0.195. The Kier molecular flexibility index (Phi) is 3.34. The number of nitrogens with two attached hydrogens (primary N) is 1. The number of anilines is 1. The molecule has 0 saturated carbocycles. The summed E-state index contributed by atoms with van der Waals surface area (Å²) >= 11 is 1.30. The first-order valence-corrected chi connectivity index (χ1v) is 5.68. The van der Waals surface area contributed by atoms with Crippen LogP contribution in [0.4, 0.5) is 5.69 Å². The minimum atomic E-state index is -0.306. The number of nitrogens with zero attached hydrogens (tertiary/aromatic N) is 1. The van der Waals surface area contributed by atoms with Crippen molar-refractivity contribution in [2.75, 3.05) is 12.8 Å². The van der Waals surface area contributed by atoms with Gasteiger partial charge in [0.2, 0.25) is 5.75 Å². The minimum Gasteiger partial charge on any atom is -0.489 e. The van der Waals surface area contributed by atoms with Gasteiger partial charge in [0.25, 0.3) is 5.56 Å². The van der Waals surface area contributed by atoms with Gasteiger partial charge in [0, 0.05) is 10.6 Å². The Hall–Kier alpha value is -1.95. The van der Waals surface area contributed by atoms with Crippen LogP contribution >= 0.6 is 11.8 Å². The van der Waals surface area contributed by atoms with Crippen LogP contribution in [0, 0.1) is 0 Å². The highest BCUT2D eigenvalue weighted by Gasteiger charge is 2.11. The number of H-pyrrole nitrogens is 1. The van der Waals surface area contributed by atoms with E-state index in [9.17, 15) is 4.79 Å². The lowest BCUT2D eigenvalue weighted by Gasteiger charge is -2.06. The Morgan fingerprint density at radius 2 is 2.18 bits per heavy atom. The van der Waals surface area contributed by atoms with E-state index in [1.807, 2.05) is 18.2 Å². The van der Waals surface area contributed by atoms with Crippen molar-refractivity contribution in [1.29, 1.82) is 0 Å². The van der Waals surface area contributed by atoms with Gasteiger partial charge in [-0.2, -0.15) is 0 Å². The van der Waals surface area contributed by atoms with Crippen LogP contribution in [-0.4, -0.2) is 17.1 Å². The number of benzene rings is 1. The Morgan fingerprint density at radius 3 is 2.88 bits per heavy atom. The Morgan fingerprint density at radius 1 is 1.41 bits per heavy atom. The maximum absolute atomic E-state index is 11.5. The zero-order valence-electron chi connectivity index (χ0n) is 9.14. The molecule has 0 aliphatic rings. The van der Waals surface area contributed by atoms with Crippen molar-refractivity contribution in [3.05, 3.63) is 40.9 Å². The Balaban J connectivity index is 2.40. The summed E-state index contributed by atoms with van der Waals surface area (Å²) in [6, 6.07) is 7.38. The summed E-state index contributed by atoms with van der Waals surface area (Å²) in [6.07, 6.45) is 1.34. The van der Waals surface area contributed by atoms with Crippen LogP contribution < -0.4 is 16.0 Å². The first-order valence-electron chi connectivity index (χ1n) is 4.86. The Bertz CT molecular complexity index is 583. The van der Waals surface area contributed by atoms with Crippen LogP contribution in [-0.2, 0) is 0 Å². The molecule has 2 aromatic rings. The number of methoxy groups -OCH3 is 1. The maximum atomic E-state index is 11.5. The normalized spacial score (nSPS) is 10.2. The highest BCUT2D eigenvalue weighted by atomic mass is 32.2. The molecule has 0 saturated heterocycles. The van der Waals surface area contributed by atoms with Crippen LogP contribution in [0.1, 0.15) is 0 Å². The van der Waals surface area contributed by atoms with Crippen LogP contribution in [0.2, 0.25) is 0 Å². The zero-order valence-corrected chi connectivity index (χ0v) is 9.95. The second kappa shape index (κ2) is 4.92. The fourth-order valence-corrected chi connectivity index (χ4v) is 2.22. The van der Waals surface area contributed by atoms with E-state index in [0.717, 1.165) is 4.90 Å². The predicted molar refractivity (Wildman–Crippen MR) is 66.4 cm³/mol. The molecule has 0 spiro atoms. The van der Waals surface area contributed by atoms with Gasteiger partial charge in [0.05, 0.1) is 13.4 Å². The number of aromatic nitrogens is 2. The van der Waals surface area contributed by atoms with E-state index in [1.165, 1.54) is 25.2 Å². The second-order valence-corrected chi connectivity index (χ2v) is 4.24. The van der Waals surface area contributed by atoms with Crippen molar-refractivity contribution in [2.45, 2.75) is 9.92 Å². The monoisotopic (exact) mass is 249 g/mol. The van der Waals surface area contributed by atoms with Gasteiger partial charge in [-0.05, 0) is 12.1 Å². The lowest BCUT2D eigenvalue weighted by molar-refractivity contribution is 0.393. The summed E-state index contributed by atoms with van der Waals surface area (Å²) in [5.74, 6) is 0.195. The lowest BCUT2D eigenvalue weighted by atomic mass is 10.3. The number of para-hydroxylation sites is 1. The predicted octanol–water partition coefficient (Wildman–Crippen LogP) is 1.51. The first-order chi connectivity index (χ1) is 8.22. The van der Waals surface area contributed by atoms with Gasteiger partial charge in [-0.15, -0.1) is 0 Å². The van der Waals surface area contributed by atoms with Gasteiger partial charge in [0.1, 0.15) is 0 Å². The van der Waals surface area contributed by atoms with Crippen molar-refractivity contribution in [2.24, 2.45) is 0 Å². The maximum Gasteiger partial charge on any atom is 0.294 e. The molecule has 17 heavy (non-hydrogen) atoms. The molecule has 1 aromatic carbocycles. The SMILES string of the molecule is COc1c(Sc2ccccc2N)nc[nH]c1=O. The van der Waals surface area contributed by atoms with Gasteiger partial charge >= 0.3 is 0 Å². The molecule has 88 valence electrons. The Labute approximate surface area is 102 Å². The van der Waals surface area contributed by atoms with Crippen molar-refractivity contribution in [1.82, 2.24) is 9.97 Å². The summed E-state index contributed by atoms with van der Waals surface area (Å²) in [5, 5.41) is 0.495. The van der Waals surface area contributed by atoms with E-state index in [2.05, 4.69) is 9.97 Å². The third-order valence-corrected chi connectivity index (χ3v) is 3.18. The molecule has 5 nitrogen and oxygen atoms in total. The molecule has 0 unspecified atom stereocenters. The van der Waals surface area contributed by atoms with E-state index in [1.54, 1.807) is 6.07 Å². The highest BCUT2D eigenvalue weighted by Crippen LogP contribution is 2.33. The molecular formula is C11H11N3O2S. The smallest absolute Gasteiger partial charge is 0.294 e. The van der Waals surface area contributed by atoms with Crippen LogP contribution in [0.3, 0.4) is 0 Å². The third kappa shape index (κ3) is 2.42. The number of rotatable bonds is 3. The standard InChI is InChI=1S/C11H11N3O2S/c1-16-9-10(15)13-6-14-11(9)17-8-5-3-2-4-7(8)12/h2-6H,12H2,1H3,(H,13,14,15). The van der Waals surface area contributed by atoms with Crippen molar-refractivity contribution in [3.63, 3.8) is 0 Å². The molecular weight excluding hydrogens is 238 g/mol. The molecule has 3 N–H and O–H groups in total. The highest BCUT2D eigenvalue weighted by molar-refractivity contribution is 7.99. The average molecular weight is 249 g/mol. The molecule has 6 heteroatoms. The van der Waals surface area contributed by atoms with E-state index in [0.29, 0.717) is 10.7 Å². The quantitative estimate of drug-likeness (QED) is 0.636. The summed E-state index contributed by atoms with van der Waals surface area (Å²) in [4.78, 5) is 18.8. The van der Waals surface area contributed by atoms with Crippen molar-refractivity contribution in [3.8, 4) is 5.75 Å². The average Bonchev–Trinajstić information content (AvgIpc) is 2.32. The van der Waals surface area contributed by atoms with Gasteiger partial charge in [-0.25, -0.2) is 4.98 Å². The molecule has 0 bridgehead atoms. The molecule has 1 aromatic heterocycles. The molecule has 0 radical (unpaired) electrons. The van der Waals surface area contributed by atoms with Gasteiger partial charge in [0.15, 0.2) is 5.03 Å². The van der Waals surface area contributed by atoms with E-state index >= 15 is 0 Å². The van der Waals surface area contributed by atoms with E-state index < -0.39 is 0 Å². The summed E-state index contributed by atoms with van der Waals surface area (Å²) in [6.45, 7) is 0.